The number of hydrazine groups is 1. The molecule has 7 heteroatoms. The van der Waals surface area contributed by atoms with Crippen LogP contribution >= 0.6 is 0 Å². The highest BCUT2D eigenvalue weighted by molar-refractivity contribution is 5.90. The van der Waals surface area contributed by atoms with Crippen LogP contribution in [0.5, 0.6) is 0 Å². The molecule has 1 unspecified atom stereocenters. The maximum atomic E-state index is 11.7. The minimum absolute atomic E-state index is 0.0236. The Balaban J connectivity index is 1.94. The number of carbonyl (C=O) groups is 2. The van der Waals surface area contributed by atoms with E-state index in [1.807, 2.05) is 5.43 Å². The van der Waals surface area contributed by atoms with Crippen molar-refractivity contribution >= 4 is 11.8 Å². The third-order valence-electron chi connectivity index (χ3n) is 3.52. The molecular formula is C13H20N4O3. The Kier molecular flexibility index (Phi) is 4.75. The van der Waals surface area contributed by atoms with Crippen molar-refractivity contribution < 1.29 is 14.0 Å². The maximum absolute atomic E-state index is 11.7. The molecule has 0 aliphatic carbocycles. The zero-order chi connectivity index (χ0) is 14.5. The van der Waals surface area contributed by atoms with Crippen LogP contribution < -0.4 is 16.6 Å². The number of hydrogen-bond acceptors (Lipinski definition) is 5. The van der Waals surface area contributed by atoms with Gasteiger partial charge in [0.05, 0.1) is 12.5 Å². The second kappa shape index (κ2) is 6.53. The van der Waals surface area contributed by atoms with Crippen molar-refractivity contribution in [2.24, 2.45) is 11.8 Å². The Morgan fingerprint density at radius 2 is 2.30 bits per heavy atom. The highest BCUT2D eigenvalue weighted by Gasteiger charge is 2.25. The number of hydrogen-bond donors (Lipinski definition) is 3. The monoisotopic (exact) mass is 280 g/mol. The number of piperidine rings is 1. The second-order valence-electron chi connectivity index (χ2n) is 4.93. The van der Waals surface area contributed by atoms with Crippen molar-refractivity contribution in [1.82, 2.24) is 15.6 Å². The summed E-state index contributed by atoms with van der Waals surface area (Å²) in [6.45, 7) is 2.22. The molecule has 1 aromatic rings. The van der Waals surface area contributed by atoms with Gasteiger partial charge in [-0.2, -0.15) is 0 Å². The molecule has 0 aromatic carbocycles. The summed E-state index contributed by atoms with van der Waals surface area (Å²) in [6.07, 6.45) is 1.89. The summed E-state index contributed by atoms with van der Waals surface area (Å²) < 4.78 is 5.43. The van der Waals surface area contributed by atoms with Crippen LogP contribution in [0.1, 0.15) is 29.2 Å². The van der Waals surface area contributed by atoms with E-state index in [1.165, 1.54) is 0 Å². The Hall–Kier alpha value is -1.86. The lowest BCUT2D eigenvalue weighted by Gasteiger charge is -2.30. The fourth-order valence-electron chi connectivity index (χ4n) is 2.49. The average molecular weight is 280 g/mol. The van der Waals surface area contributed by atoms with Crippen LogP contribution in [0.15, 0.2) is 16.5 Å². The van der Waals surface area contributed by atoms with Crippen LogP contribution in [0.3, 0.4) is 0 Å². The molecule has 1 aliphatic rings. The van der Waals surface area contributed by atoms with Gasteiger partial charge in [0.1, 0.15) is 5.76 Å². The third kappa shape index (κ3) is 3.37. The minimum atomic E-state index is -0.446. The molecule has 1 aromatic heterocycles. The van der Waals surface area contributed by atoms with Crippen molar-refractivity contribution in [3.8, 4) is 0 Å². The molecule has 0 spiro atoms. The molecule has 1 aliphatic heterocycles. The molecule has 2 heterocycles. The highest BCUT2D eigenvalue weighted by atomic mass is 16.4. The normalized spacial score (nSPS) is 19.6. The number of nitrogens with two attached hydrogens (primary N) is 1. The van der Waals surface area contributed by atoms with Gasteiger partial charge in [0.15, 0.2) is 5.76 Å². The van der Waals surface area contributed by atoms with Crippen LogP contribution in [0.25, 0.3) is 0 Å². The van der Waals surface area contributed by atoms with Crippen LogP contribution in [0.4, 0.5) is 0 Å². The van der Waals surface area contributed by atoms with Gasteiger partial charge in [-0.15, -0.1) is 0 Å². The quantitative estimate of drug-likeness (QED) is 0.404. The van der Waals surface area contributed by atoms with Crippen molar-refractivity contribution in [1.29, 1.82) is 0 Å². The molecule has 1 saturated heterocycles. The highest BCUT2D eigenvalue weighted by Crippen LogP contribution is 2.19. The number of nitrogens with one attached hydrogen (secondary N) is 2. The van der Waals surface area contributed by atoms with E-state index in [1.54, 1.807) is 19.2 Å². The number of carbonyl (C=O) groups excluding carboxylic acids is 2. The first-order valence-electron chi connectivity index (χ1n) is 6.67. The van der Waals surface area contributed by atoms with E-state index in [0.717, 1.165) is 19.4 Å². The van der Waals surface area contributed by atoms with Gasteiger partial charge in [0, 0.05) is 13.6 Å². The zero-order valence-electron chi connectivity index (χ0n) is 11.5. The van der Waals surface area contributed by atoms with Crippen LogP contribution in [-0.4, -0.2) is 36.9 Å². The number of nitrogen functional groups attached to an aromatic ring is 1. The summed E-state index contributed by atoms with van der Waals surface area (Å²) >= 11 is 0. The first-order chi connectivity index (χ1) is 9.63. The van der Waals surface area contributed by atoms with E-state index in [9.17, 15) is 9.59 Å². The molecule has 110 valence electrons. The predicted octanol–water partition coefficient (Wildman–Crippen LogP) is -0.159. The van der Waals surface area contributed by atoms with Crippen LogP contribution in [0, 0.1) is 5.92 Å². The predicted molar refractivity (Wildman–Crippen MR) is 72.4 cm³/mol. The van der Waals surface area contributed by atoms with Gasteiger partial charge in [-0.25, -0.2) is 5.84 Å². The average Bonchev–Trinajstić information content (AvgIpc) is 2.94. The van der Waals surface area contributed by atoms with Crippen LogP contribution in [0.2, 0.25) is 0 Å². The maximum Gasteiger partial charge on any atom is 0.300 e. The summed E-state index contributed by atoms with van der Waals surface area (Å²) in [7, 11) is 1.66. The molecule has 2 rings (SSSR count). The van der Waals surface area contributed by atoms with E-state index in [4.69, 9.17) is 10.3 Å². The summed E-state index contributed by atoms with van der Waals surface area (Å²) in [5.74, 6) is 5.60. The van der Waals surface area contributed by atoms with Gasteiger partial charge in [0.2, 0.25) is 5.91 Å². The van der Waals surface area contributed by atoms with Gasteiger partial charge in [-0.05, 0) is 31.5 Å². The molecule has 0 bridgehead atoms. The summed E-state index contributed by atoms with van der Waals surface area (Å²) in [4.78, 5) is 25.1. The summed E-state index contributed by atoms with van der Waals surface area (Å²) in [5.41, 5.74) is 2.03. The van der Waals surface area contributed by atoms with E-state index in [0.29, 0.717) is 18.8 Å². The molecule has 7 nitrogen and oxygen atoms in total. The lowest BCUT2D eigenvalue weighted by molar-refractivity contribution is -0.126. The first-order valence-corrected chi connectivity index (χ1v) is 6.67. The molecule has 1 fully saturated rings. The van der Waals surface area contributed by atoms with Crippen molar-refractivity contribution in [3.05, 3.63) is 23.7 Å². The molecule has 0 radical (unpaired) electrons. The summed E-state index contributed by atoms with van der Waals surface area (Å²) in [6, 6.07) is 3.35. The van der Waals surface area contributed by atoms with Gasteiger partial charge < -0.3 is 9.73 Å². The Morgan fingerprint density at radius 3 is 3.00 bits per heavy atom. The zero-order valence-corrected chi connectivity index (χ0v) is 11.5. The van der Waals surface area contributed by atoms with Crippen molar-refractivity contribution in [3.63, 3.8) is 0 Å². The number of rotatable bonds is 4. The third-order valence-corrected chi connectivity index (χ3v) is 3.52. The standard InChI is InChI=1S/C13H20N4O3/c1-15-12(18)9-3-2-6-17(7-9)8-10-4-5-11(20-10)13(19)16-14/h4-5,9H,2-3,6-8,14H2,1H3,(H,15,18)(H,16,19). The van der Waals surface area contributed by atoms with E-state index in [2.05, 4.69) is 10.2 Å². The van der Waals surface area contributed by atoms with Gasteiger partial charge in [-0.1, -0.05) is 0 Å². The minimum Gasteiger partial charge on any atom is -0.455 e. The van der Waals surface area contributed by atoms with E-state index >= 15 is 0 Å². The molecular weight excluding hydrogens is 260 g/mol. The fourth-order valence-corrected chi connectivity index (χ4v) is 2.49. The van der Waals surface area contributed by atoms with Gasteiger partial charge >= 0.3 is 5.91 Å². The van der Waals surface area contributed by atoms with Gasteiger partial charge in [-0.3, -0.25) is 19.9 Å². The number of likely N-dealkylation sites (tertiary alicyclic amines) is 1. The van der Waals surface area contributed by atoms with E-state index < -0.39 is 5.91 Å². The number of nitrogens with zero attached hydrogens (tertiary/aromatic N) is 1. The molecule has 4 N–H and O–H groups in total. The molecule has 1 atom stereocenters. The molecule has 20 heavy (non-hydrogen) atoms. The lowest BCUT2D eigenvalue weighted by atomic mass is 9.97. The molecule has 0 saturated carbocycles. The summed E-state index contributed by atoms with van der Waals surface area (Å²) in [5, 5.41) is 2.69. The Labute approximate surface area is 117 Å². The van der Waals surface area contributed by atoms with Crippen LogP contribution in [-0.2, 0) is 11.3 Å². The molecule has 2 amide bonds. The Morgan fingerprint density at radius 1 is 1.50 bits per heavy atom. The number of amides is 2. The SMILES string of the molecule is CNC(=O)C1CCCN(Cc2ccc(C(=O)NN)o2)C1. The smallest absolute Gasteiger partial charge is 0.300 e. The lowest BCUT2D eigenvalue weighted by Crippen LogP contribution is -2.41. The fraction of sp³-hybridized carbons (Fsp3) is 0.538. The Bertz CT molecular complexity index is 486. The largest absolute Gasteiger partial charge is 0.455 e. The van der Waals surface area contributed by atoms with Crippen molar-refractivity contribution in [2.45, 2.75) is 19.4 Å². The second-order valence-corrected chi connectivity index (χ2v) is 4.93. The van der Waals surface area contributed by atoms with Crippen molar-refractivity contribution in [2.75, 3.05) is 20.1 Å². The topological polar surface area (TPSA) is 101 Å². The van der Waals surface area contributed by atoms with Gasteiger partial charge in [0.25, 0.3) is 0 Å². The number of furan rings is 1. The first kappa shape index (κ1) is 14.5. The van der Waals surface area contributed by atoms with E-state index in [-0.39, 0.29) is 17.6 Å².